The number of nitrogens with zero attached hydrogens (tertiary/aromatic N) is 3. The molecule has 16 heavy (non-hydrogen) atoms. The fraction of sp³-hybridized carbons (Fsp3) is 0.667. The molecule has 1 saturated heterocycles. The number of aryl methyl sites for hydroxylation is 2. The zero-order chi connectivity index (χ0) is 11.3. The van der Waals surface area contributed by atoms with E-state index < -0.39 is 5.60 Å². The molecule has 4 heteroatoms. The molecule has 0 amide bonds. The van der Waals surface area contributed by atoms with E-state index in [0.717, 1.165) is 30.3 Å². The predicted octanol–water partition coefficient (Wildman–Crippen LogP) is 1.05. The molecule has 0 radical (unpaired) electrons. The summed E-state index contributed by atoms with van der Waals surface area (Å²) >= 11 is 0. The quantitative estimate of drug-likeness (QED) is 0.808. The van der Waals surface area contributed by atoms with Gasteiger partial charge in [-0.05, 0) is 32.6 Å². The fourth-order valence-corrected chi connectivity index (χ4v) is 2.47. The van der Waals surface area contributed by atoms with Crippen molar-refractivity contribution in [1.82, 2.24) is 9.97 Å². The second kappa shape index (κ2) is 3.17. The van der Waals surface area contributed by atoms with Crippen LogP contribution in [0.2, 0.25) is 0 Å². The summed E-state index contributed by atoms with van der Waals surface area (Å²) in [7, 11) is 0. The van der Waals surface area contributed by atoms with E-state index >= 15 is 0 Å². The summed E-state index contributed by atoms with van der Waals surface area (Å²) < 4.78 is 0. The van der Waals surface area contributed by atoms with Gasteiger partial charge in [-0.15, -0.1) is 0 Å². The second-order valence-electron chi connectivity index (χ2n) is 5.15. The summed E-state index contributed by atoms with van der Waals surface area (Å²) in [5.41, 5.74) is 1.43. The Morgan fingerprint density at radius 1 is 1.38 bits per heavy atom. The molecule has 0 aromatic carbocycles. The first-order chi connectivity index (χ1) is 7.58. The number of aliphatic hydroxyl groups is 1. The van der Waals surface area contributed by atoms with Crippen LogP contribution in [0.5, 0.6) is 0 Å². The van der Waals surface area contributed by atoms with Gasteiger partial charge >= 0.3 is 0 Å². The molecule has 4 nitrogen and oxygen atoms in total. The van der Waals surface area contributed by atoms with Crippen LogP contribution in [0.3, 0.4) is 0 Å². The van der Waals surface area contributed by atoms with Crippen LogP contribution in [-0.2, 0) is 0 Å². The van der Waals surface area contributed by atoms with E-state index in [1.807, 2.05) is 13.8 Å². The van der Waals surface area contributed by atoms with Gasteiger partial charge in [0.15, 0.2) is 5.82 Å². The van der Waals surface area contributed by atoms with Crippen LogP contribution in [0.4, 0.5) is 5.82 Å². The van der Waals surface area contributed by atoms with Gasteiger partial charge in [0, 0.05) is 6.20 Å². The van der Waals surface area contributed by atoms with Crippen molar-refractivity contribution in [3.8, 4) is 0 Å². The molecule has 0 atom stereocenters. The molecule has 2 aliphatic rings. The molecule has 86 valence electrons. The minimum absolute atomic E-state index is 0.447. The van der Waals surface area contributed by atoms with Crippen LogP contribution in [0, 0.1) is 19.8 Å². The first kappa shape index (κ1) is 10.0. The van der Waals surface area contributed by atoms with Gasteiger partial charge in [0.25, 0.3) is 0 Å². The third kappa shape index (κ3) is 1.48. The van der Waals surface area contributed by atoms with Crippen molar-refractivity contribution in [1.29, 1.82) is 0 Å². The summed E-state index contributed by atoms with van der Waals surface area (Å²) in [5, 5.41) is 10.3. The summed E-state index contributed by atoms with van der Waals surface area (Å²) in [6, 6.07) is 0. The van der Waals surface area contributed by atoms with E-state index in [1.165, 1.54) is 12.8 Å². The Hall–Kier alpha value is -1.16. The summed E-state index contributed by atoms with van der Waals surface area (Å²) in [5.74, 6) is 1.46. The lowest BCUT2D eigenvalue weighted by Crippen LogP contribution is -2.63. The molecule has 2 heterocycles. The molecule has 1 aliphatic carbocycles. The maximum absolute atomic E-state index is 10.3. The largest absolute Gasteiger partial charge is 0.386 e. The average molecular weight is 219 g/mol. The molecule has 1 N–H and O–H groups in total. The number of anilines is 1. The SMILES string of the molecule is Cc1cnc(C)c(N2CC(O)(C3CC3)C2)n1. The van der Waals surface area contributed by atoms with Gasteiger partial charge in [-0.2, -0.15) is 0 Å². The lowest BCUT2D eigenvalue weighted by atomic mass is 9.88. The highest BCUT2D eigenvalue weighted by molar-refractivity contribution is 5.48. The monoisotopic (exact) mass is 219 g/mol. The second-order valence-corrected chi connectivity index (χ2v) is 5.15. The summed E-state index contributed by atoms with van der Waals surface area (Å²) in [4.78, 5) is 10.9. The highest BCUT2D eigenvalue weighted by Crippen LogP contribution is 2.45. The van der Waals surface area contributed by atoms with Gasteiger partial charge in [-0.3, -0.25) is 4.98 Å². The van der Waals surface area contributed by atoms with Gasteiger partial charge in [0.2, 0.25) is 0 Å². The molecule has 0 spiro atoms. The predicted molar refractivity (Wildman–Crippen MR) is 61.4 cm³/mol. The van der Waals surface area contributed by atoms with E-state index in [0.29, 0.717) is 5.92 Å². The van der Waals surface area contributed by atoms with Gasteiger partial charge < -0.3 is 10.0 Å². The third-order valence-electron chi connectivity index (χ3n) is 3.62. The standard InChI is InChI=1S/C12H17N3O/c1-8-5-13-9(2)11(14-8)15-6-12(16,7-15)10-3-4-10/h5,10,16H,3-4,6-7H2,1-2H3. The van der Waals surface area contributed by atoms with Crippen molar-refractivity contribution < 1.29 is 5.11 Å². The molecule has 1 aromatic rings. The summed E-state index contributed by atoms with van der Waals surface area (Å²) in [6.45, 7) is 5.35. The van der Waals surface area contributed by atoms with Crippen molar-refractivity contribution in [2.75, 3.05) is 18.0 Å². The topological polar surface area (TPSA) is 49.2 Å². The Morgan fingerprint density at radius 3 is 2.69 bits per heavy atom. The zero-order valence-corrected chi connectivity index (χ0v) is 9.77. The Kier molecular flexibility index (Phi) is 1.98. The molecule has 0 bridgehead atoms. The molecular weight excluding hydrogens is 202 g/mol. The molecule has 3 rings (SSSR count). The van der Waals surface area contributed by atoms with Crippen LogP contribution in [0.15, 0.2) is 6.20 Å². The Morgan fingerprint density at radius 2 is 2.06 bits per heavy atom. The smallest absolute Gasteiger partial charge is 0.150 e. The Labute approximate surface area is 95.3 Å². The molecule has 1 saturated carbocycles. The van der Waals surface area contributed by atoms with Crippen LogP contribution < -0.4 is 4.90 Å². The van der Waals surface area contributed by atoms with Crippen molar-refractivity contribution in [3.05, 3.63) is 17.6 Å². The molecule has 1 aliphatic heterocycles. The molecule has 2 fully saturated rings. The first-order valence-corrected chi connectivity index (χ1v) is 5.86. The van der Waals surface area contributed by atoms with Crippen molar-refractivity contribution in [3.63, 3.8) is 0 Å². The number of hydrogen-bond acceptors (Lipinski definition) is 4. The van der Waals surface area contributed by atoms with Crippen LogP contribution in [0.1, 0.15) is 24.2 Å². The first-order valence-electron chi connectivity index (χ1n) is 5.86. The van der Waals surface area contributed by atoms with Gasteiger partial charge in [-0.1, -0.05) is 0 Å². The normalized spacial score (nSPS) is 23.1. The molecule has 1 aromatic heterocycles. The van der Waals surface area contributed by atoms with Gasteiger partial charge in [0.1, 0.15) is 5.60 Å². The highest BCUT2D eigenvalue weighted by atomic mass is 16.3. The minimum atomic E-state index is -0.447. The van der Waals surface area contributed by atoms with Crippen LogP contribution >= 0.6 is 0 Å². The molecular formula is C12H17N3O. The van der Waals surface area contributed by atoms with E-state index in [4.69, 9.17) is 0 Å². The number of aromatic nitrogens is 2. The third-order valence-corrected chi connectivity index (χ3v) is 3.62. The maximum atomic E-state index is 10.3. The van der Waals surface area contributed by atoms with Crippen molar-refractivity contribution >= 4 is 5.82 Å². The lowest BCUT2D eigenvalue weighted by molar-refractivity contribution is -0.00985. The van der Waals surface area contributed by atoms with Crippen LogP contribution in [-0.4, -0.2) is 33.8 Å². The van der Waals surface area contributed by atoms with Gasteiger partial charge in [0.05, 0.1) is 24.5 Å². The number of β-amino-alcohol motifs (C(OH)–C–C–N with tert-alkyl or cyclic N) is 1. The number of rotatable bonds is 2. The summed E-state index contributed by atoms with van der Waals surface area (Å²) in [6.07, 6.45) is 4.15. The maximum Gasteiger partial charge on any atom is 0.150 e. The van der Waals surface area contributed by atoms with E-state index in [-0.39, 0.29) is 0 Å². The van der Waals surface area contributed by atoms with Gasteiger partial charge in [-0.25, -0.2) is 4.98 Å². The fourth-order valence-electron chi connectivity index (χ4n) is 2.47. The molecule has 0 unspecified atom stereocenters. The van der Waals surface area contributed by atoms with Crippen LogP contribution in [0.25, 0.3) is 0 Å². The van der Waals surface area contributed by atoms with E-state index in [9.17, 15) is 5.11 Å². The Balaban J connectivity index is 1.77. The highest BCUT2D eigenvalue weighted by Gasteiger charge is 2.52. The minimum Gasteiger partial charge on any atom is -0.386 e. The van der Waals surface area contributed by atoms with E-state index in [1.54, 1.807) is 6.20 Å². The van der Waals surface area contributed by atoms with E-state index in [2.05, 4.69) is 14.9 Å². The number of hydrogen-bond donors (Lipinski definition) is 1. The average Bonchev–Trinajstić information content (AvgIpc) is 3.01. The van der Waals surface area contributed by atoms with Crippen molar-refractivity contribution in [2.45, 2.75) is 32.3 Å². The van der Waals surface area contributed by atoms with Crippen molar-refractivity contribution in [2.24, 2.45) is 5.92 Å². The zero-order valence-electron chi connectivity index (χ0n) is 9.77. The Bertz CT molecular complexity index is 422. The lowest BCUT2D eigenvalue weighted by Gasteiger charge is -2.48.